The first-order valence-corrected chi connectivity index (χ1v) is 10.2. The summed E-state index contributed by atoms with van der Waals surface area (Å²) < 4.78 is 15.3. The van der Waals surface area contributed by atoms with Crippen LogP contribution in [0.4, 0.5) is 4.39 Å². The van der Waals surface area contributed by atoms with E-state index in [1.165, 1.54) is 17.8 Å². The second kappa shape index (κ2) is 8.66. The molecule has 0 saturated heterocycles. The van der Waals surface area contributed by atoms with Crippen molar-refractivity contribution in [2.75, 3.05) is 12.3 Å². The summed E-state index contributed by atoms with van der Waals surface area (Å²) in [5, 5.41) is 15.0. The molecular weight excluding hydrogens is 361 g/mol. The van der Waals surface area contributed by atoms with E-state index in [0.29, 0.717) is 29.1 Å². The standard InChI is InChI=1S/C16H20FN5OS2/c1-11(25-16-19-20-21-22(16)13-6-7-13)15(23)18-8-9-24-10-12-4-2-3-5-14(12)17/h2-5,11,13H,6-10H2,1H3,(H,18,23). The number of tetrazole rings is 1. The lowest BCUT2D eigenvalue weighted by molar-refractivity contribution is -0.120. The Hall–Kier alpha value is -1.61. The zero-order valence-electron chi connectivity index (χ0n) is 13.9. The van der Waals surface area contributed by atoms with Gasteiger partial charge in [0.15, 0.2) is 0 Å². The van der Waals surface area contributed by atoms with Gasteiger partial charge in [-0.25, -0.2) is 9.07 Å². The summed E-state index contributed by atoms with van der Waals surface area (Å²) in [5.41, 5.74) is 0.690. The van der Waals surface area contributed by atoms with Crippen molar-refractivity contribution in [2.45, 2.75) is 42.0 Å². The molecule has 9 heteroatoms. The fraction of sp³-hybridized carbons (Fsp3) is 0.500. The molecule has 1 heterocycles. The fourth-order valence-corrected chi connectivity index (χ4v) is 3.94. The minimum Gasteiger partial charge on any atom is -0.354 e. The molecule has 1 unspecified atom stereocenters. The van der Waals surface area contributed by atoms with Crippen molar-refractivity contribution in [1.82, 2.24) is 25.5 Å². The van der Waals surface area contributed by atoms with Crippen LogP contribution in [0.3, 0.4) is 0 Å². The van der Waals surface area contributed by atoms with Crippen molar-refractivity contribution in [3.8, 4) is 0 Å². The lowest BCUT2D eigenvalue weighted by Gasteiger charge is -2.11. The van der Waals surface area contributed by atoms with Crippen LogP contribution in [0.25, 0.3) is 0 Å². The SMILES string of the molecule is CC(Sc1nnnn1C1CC1)C(=O)NCCSCc1ccccc1F. The number of benzene rings is 1. The summed E-state index contributed by atoms with van der Waals surface area (Å²) in [6.07, 6.45) is 2.19. The average Bonchev–Trinajstić information content (AvgIpc) is 3.35. The van der Waals surface area contributed by atoms with Crippen molar-refractivity contribution < 1.29 is 9.18 Å². The first-order valence-electron chi connectivity index (χ1n) is 8.18. The predicted molar refractivity (Wildman–Crippen MR) is 97.0 cm³/mol. The molecule has 1 saturated carbocycles. The molecule has 1 fully saturated rings. The highest BCUT2D eigenvalue weighted by Gasteiger charge is 2.29. The maximum absolute atomic E-state index is 13.5. The first kappa shape index (κ1) is 18.2. The molecule has 1 atom stereocenters. The van der Waals surface area contributed by atoms with E-state index in [1.54, 1.807) is 28.6 Å². The molecule has 3 rings (SSSR count). The molecule has 1 aliphatic carbocycles. The predicted octanol–water partition coefficient (Wildman–Crippen LogP) is 2.68. The molecule has 1 aromatic heterocycles. The quantitative estimate of drug-likeness (QED) is 0.532. The number of hydrogen-bond donors (Lipinski definition) is 1. The van der Waals surface area contributed by atoms with Crippen molar-refractivity contribution in [3.63, 3.8) is 0 Å². The third kappa shape index (κ3) is 5.18. The zero-order chi connectivity index (χ0) is 17.6. The molecule has 6 nitrogen and oxygen atoms in total. The number of thioether (sulfide) groups is 2. The van der Waals surface area contributed by atoms with Crippen LogP contribution in [0.2, 0.25) is 0 Å². The Morgan fingerprint density at radius 3 is 3.00 bits per heavy atom. The van der Waals surface area contributed by atoms with Crippen LogP contribution in [0.5, 0.6) is 0 Å². The number of nitrogens with one attached hydrogen (secondary N) is 1. The minimum atomic E-state index is -0.264. The fourth-order valence-electron chi connectivity index (χ4n) is 2.21. The van der Waals surface area contributed by atoms with Gasteiger partial charge in [-0.2, -0.15) is 11.8 Å². The maximum atomic E-state index is 13.5. The summed E-state index contributed by atoms with van der Waals surface area (Å²) in [5.74, 6) is 1.11. The Morgan fingerprint density at radius 2 is 2.24 bits per heavy atom. The summed E-state index contributed by atoms with van der Waals surface area (Å²) >= 11 is 2.97. The van der Waals surface area contributed by atoms with Crippen LogP contribution in [0.15, 0.2) is 29.4 Å². The highest BCUT2D eigenvalue weighted by molar-refractivity contribution is 8.00. The number of halogens is 1. The zero-order valence-corrected chi connectivity index (χ0v) is 15.5. The topological polar surface area (TPSA) is 72.7 Å². The lowest BCUT2D eigenvalue weighted by Crippen LogP contribution is -2.32. The van der Waals surface area contributed by atoms with Gasteiger partial charge in [0.05, 0.1) is 11.3 Å². The van der Waals surface area contributed by atoms with Gasteiger partial charge in [0.25, 0.3) is 0 Å². The Labute approximate surface area is 154 Å². The van der Waals surface area contributed by atoms with Gasteiger partial charge in [-0.05, 0) is 41.8 Å². The molecule has 0 radical (unpaired) electrons. The van der Waals surface area contributed by atoms with Gasteiger partial charge in [0.1, 0.15) is 5.82 Å². The number of hydrogen-bond acceptors (Lipinski definition) is 6. The van der Waals surface area contributed by atoms with E-state index in [0.717, 1.165) is 18.6 Å². The van der Waals surface area contributed by atoms with Crippen LogP contribution >= 0.6 is 23.5 Å². The van der Waals surface area contributed by atoms with Gasteiger partial charge >= 0.3 is 0 Å². The van der Waals surface area contributed by atoms with E-state index in [9.17, 15) is 9.18 Å². The van der Waals surface area contributed by atoms with Crippen molar-refractivity contribution in [2.24, 2.45) is 0 Å². The Balaban J connectivity index is 1.36. The highest BCUT2D eigenvalue weighted by Crippen LogP contribution is 2.37. The van der Waals surface area contributed by atoms with Crippen molar-refractivity contribution in [3.05, 3.63) is 35.6 Å². The molecule has 0 bridgehead atoms. The van der Waals surface area contributed by atoms with Gasteiger partial charge < -0.3 is 5.32 Å². The highest BCUT2D eigenvalue weighted by atomic mass is 32.2. The van der Waals surface area contributed by atoms with Crippen molar-refractivity contribution in [1.29, 1.82) is 0 Å². The van der Waals surface area contributed by atoms with E-state index in [-0.39, 0.29) is 17.0 Å². The molecular formula is C16H20FN5OS2. The van der Waals surface area contributed by atoms with E-state index in [4.69, 9.17) is 0 Å². The van der Waals surface area contributed by atoms with Gasteiger partial charge in [-0.1, -0.05) is 30.0 Å². The third-order valence-electron chi connectivity index (χ3n) is 3.77. The summed E-state index contributed by atoms with van der Waals surface area (Å²) in [6, 6.07) is 7.15. The second-order valence-corrected chi connectivity index (χ2v) is 8.25. The monoisotopic (exact) mass is 381 g/mol. The number of carbonyl (C=O) groups excluding carboxylic acids is 1. The number of carbonyl (C=O) groups is 1. The van der Waals surface area contributed by atoms with Crippen LogP contribution in [0.1, 0.15) is 31.4 Å². The molecule has 25 heavy (non-hydrogen) atoms. The molecule has 1 N–H and O–H groups in total. The van der Waals surface area contributed by atoms with E-state index < -0.39 is 0 Å². The Morgan fingerprint density at radius 1 is 1.44 bits per heavy atom. The minimum absolute atomic E-state index is 0.0400. The molecule has 1 amide bonds. The van der Waals surface area contributed by atoms with E-state index in [1.807, 2.05) is 13.0 Å². The molecule has 0 aliphatic heterocycles. The van der Waals surface area contributed by atoms with Gasteiger partial charge in [0.2, 0.25) is 11.1 Å². The Kier molecular flexibility index (Phi) is 6.30. The number of nitrogens with zero attached hydrogens (tertiary/aromatic N) is 4. The van der Waals surface area contributed by atoms with Crippen LogP contribution in [0, 0.1) is 5.82 Å². The van der Waals surface area contributed by atoms with E-state index in [2.05, 4.69) is 20.8 Å². The van der Waals surface area contributed by atoms with Gasteiger partial charge in [-0.15, -0.1) is 5.10 Å². The summed E-state index contributed by atoms with van der Waals surface area (Å²) in [4.78, 5) is 12.2. The van der Waals surface area contributed by atoms with Gasteiger partial charge in [-0.3, -0.25) is 4.79 Å². The van der Waals surface area contributed by atoms with Gasteiger partial charge in [0, 0.05) is 18.1 Å². The molecule has 134 valence electrons. The summed E-state index contributed by atoms with van der Waals surface area (Å²) in [7, 11) is 0. The van der Waals surface area contributed by atoms with Crippen LogP contribution < -0.4 is 5.32 Å². The number of aromatic nitrogens is 4. The molecule has 0 spiro atoms. The van der Waals surface area contributed by atoms with Crippen molar-refractivity contribution >= 4 is 29.4 Å². The molecule has 1 aromatic carbocycles. The largest absolute Gasteiger partial charge is 0.354 e. The number of amides is 1. The summed E-state index contributed by atoms with van der Waals surface area (Å²) in [6.45, 7) is 2.40. The van der Waals surface area contributed by atoms with Crippen LogP contribution in [-0.4, -0.2) is 43.7 Å². The second-order valence-electron chi connectivity index (χ2n) is 5.83. The van der Waals surface area contributed by atoms with E-state index >= 15 is 0 Å². The first-order chi connectivity index (χ1) is 12.1. The number of rotatable bonds is 9. The lowest BCUT2D eigenvalue weighted by atomic mass is 10.2. The maximum Gasteiger partial charge on any atom is 0.233 e. The molecule has 1 aliphatic rings. The molecule has 2 aromatic rings. The normalized spacial score (nSPS) is 15.1. The van der Waals surface area contributed by atoms with Crippen LogP contribution in [-0.2, 0) is 10.5 Å². The third-order valence-corrected chi connectivity index (χ3v) is 5.82. The Bertz CT molecular complexity index is 722. The smallest absolute Gasteiger partial charge is 0.233 e. The average molecular weight is 382 g/mol.